The van der Waals surface area contributed by atoms with Gasteiger partial charge in [-0.1, -0.05) is 0 Å². The molecule has 0 fully saturated rings. The lowest BCUT2D eigenvalue weighted by atomic mass is 10.2. The third-order valence-corrected chi connectivity index (χ3v) is 2.75. The lowest BCUT2D eigenvalue weighted by Crippen LogP contribution is -2.06. The standard InChI is InChI=1S/C14H17NO3/c1-10(13-5-4-8-18-13)15-12-9-11(16-2)6-7-14(12)17-3/h4-10,15H,1-3H3. The van der Waals surface area contributed by atoms with Crippen LogP contribution in [-0.4, -0.2) is 14.2 Å². The smallest absolute Gasteiger partial charge is 0.142 e. The van der Waals surface area contributed by atoms with Gasteiger partial charge in [-0.05, 0) is 31.2 Å². The van der Waals surface area contributed by atoms with Gasteiger partial charge in [-0.3, -0.25) is 0 Å². The highest BCUT2D eigenvalue weighted by Crippen LogP contribution is 2.31. The van der Waals surface area contributed by atoms with Gasteiger partial charge in [0.1, 0.15) is 17.3 Å². The fourth-order valence-electron chi connectivity index (χ4n) is 1.77. The molecule has 2 aromatic rings. The summed E-state index contributed by atoms with van der Waals surface area (Å²) in [6.07, 6.45) is 1.66. The molecule has 0 aliphatic heterocycles. The third-order valence-electron chi connectivity index (χ3n) is 2.75. The highest BCUT2D eigenvalue weighted by atomic mass is 16.5. The molecule has 1 N–H and O–H groups in total. The molecule has 0 aliphatic rings. The Labute approximate surface area is 107 Å². The van der Waals surface area contributed by atoms with Crippen molar-refractivity contribution in [2.24, 2.45) is 0 Å². The van der Waals surface area contributed by atoms with Crippen molar-refractivity contribution in [3.05, 3.63) is 42.4 Å². The SMILES string of the molecule is COc1ccc(OC)c(NC(C)c2ccco2)c1. The van der Waals surface area contributed by atoms with Crippen LogP contribution in [0.2, 0.25) is 0 Å². The molecule has 0 aliphatic carbocycles. The van der Waals surface area contributed by atoms with E-state index in [1.54, 1.807) is 20.5 Å². The van der Waals surface area contributed by atoms with Gasteiger partial charge in [-0.15, -0.1) is 0 Å². The third kappa shape index (κ3) is 2.59. The average Bonchev–Trinajstić information content (AvgIpc) is 2.92. The van der Waals surface area contributed by atoms with Crippen molar-refractivity contribution in [3.63, 3.8) is 0 Å². The molecule has 4 nitrogen and oxygen atoms in total. The van der Waals surface area contributed by atoms with Crippen molar-refractivity contribution in [1.29, 1.82) is 0 Å². The van der Waals surface area contributed by atoms with Gasteiger partial charge in [0.15, 0.2) is 0 Å². The Morgan fingerprint density at radius 3 is 2.61 bits per heavy atom. The number of benzene rings is 1. The molecule has 1 aromatic carbocycles. The van der Waals surface area contributed by atoms with Gasteiger partial charge in [0.2, 0.25) is 0 Å². The Kier molecular flexibility index (Phi) is 3.77. The zero-order valence-electron chi connectivity index (χ0n) is 10.8. The Balaban J connectivity index is 2.21. The lowest BCUT2D eigenvalue weighted by molar-refractivity contribution is 0.403. The molecule has 0 spiro atoms. The molecular weight excluding hydrogens is 230 g/mol. The number of furan rings is 1. The summed E-state index contributed by atoms with van der Waals surface area (Å²) < 4.78 is 15.9. The normalized spacial score (nSPS) is 11.9. The molecule has 18 heavy (non-hydrogen) atoms. The number of hydrogen-bond donors (Lipinski definition) is 1. The van der Waals surface area contributed by atoms with E-state index in [4.69, 9.17) is 13.9 Å². The van der Waals surface area contributed by atoms with Gasteiger partial charge in [0.25, 0.3) is 0 Å². The average molecular weight is 247 g/mol. The predicted molar refractivity (Wildman–Crippen MR) is 70.3 cm³/mol. The van der Waals surface area contributed by atoms with E-state index in [-0.39, 0.29) is 6.04 Å². The van der Waals surface area contributed by atoms with Crippen molar-refractivity contribution in [3.8, 4) is 11.5 Å². The minimum Gasteiger partial charge on any atom is -0.497 e. The maximum atomic E-state index is 5.36. The van der Waals surface area contributed by atoms with Gasteiger partial charge in [0.05, 0.1) is 32.2 Å². The second-order valence-corrected chi connectivity index (χ2v) is 3.95. The molecule has 1 aromatic heterocycles. The topological polar surface area (TPSA) is 43.6 Å². The summed E-state index contributed by atoms with van der Waals surface area (Å²) in [5.74, 6) is 2.43. The first-order valence-corrected chi connectivity index (χ1v) is 5.76. The molecule has 0 amide bonds. The molecule has 1 atom stereocenters. The van der Waals surface area contributed by atoms with Gasteiger partial charge >= 0.3 is 0 Å². The van der Waals surface area contributed by atoms with Gasteiger partial charge in [0, 0.05) is 6.07 Å². The summed E-state index contributed by atoms with van der Waals surface area (Å²) in [7, 11) is 3.28. The van der Waals surface area contributed by atoms with E-state index in [1.165, 1.54) is 0 Å². The largest absolute Gasteiger partial charge is 0.497 e. The van der Waals surface area contributed by atoms with E-state index in [1.807, 2.05) is 37.3 Å². The predicted octanol–water partition coefficient (Wildman–Crippen LogP) is 3.47. The molecule has 0 saturated carbocycles. The van der Waals surface area contributed by atoms with Gasteiger partial charge < -0.3 is 19.2 Å². The first kappa shape index (κ1) is 12.4. The molecule has 0 saturated heterocycles. The zero-order valence-corrected chi connectivity index (χ0v) is 10.8. The zero-order chi connectivity index (χ0) is 13.0. The Hall–Kier alpha value is -2.10. The Morgan fingerprint density at radius 1 is 1.17 bits per heavy atom. The summed E-state index contributed by atoms with van der Waals surface area (Å²) in [6, 6.07) is 9.50. The number of hydrogen-bond acceptors (Lipinski definition) is 4. The fourth-order valence-corrected chi connectivity index (χ4v) is 1.77. The van der Waals surface area contributed by atoms with Crippen molar-refractivity contribution in [2.45, 2.75) is 13.0 Å². The molecule has 1 heterocycles. The van der Waals surface area contributed by atoms with Crippen molar-refractivity contribution >= 4 is 5.69 Å². The van der Waals surface area contributed by atoms with Crippen LogP contribution >= 0.6 is 0 Å². The number of ether oxygens (including phenoxy) is 2. The minimum atomic E-state index is 0.0565. The van der Waals surface area contributed by atoms with Crippen LogP contribution in [0.1, 0.15) is 18.7 Å². The van der Waals surface area contributed by atoms with Gasteiger partial charge in [-0.2, -0.15) is 0 Å². The molecule has 0 bridgehead atoms. The van der Waals surface area contributed by atoms with Crippen LogP contribution in [0.3, 0.4) is 0 Å². The first-order valence-electron chi connectivity index (χ1n) is 5.76. The second-order valence-electron chi connectivity index (χ2n) is 3.95. The van der Waals surface area contributed by atoms with Crippen LogP contribution in [0.5, 0.6) is 11.5 Å². The maximum Gasteiger partial charge on any atom is 0.142 e. The van der Waals surface area contributed by atoms with Crippen molar-refractivity contribution < 1.29 is 13.9 Å². The number of anilines is 1. The number of nitrogens with one attached hydrogen (secondary N) is 1. The van der Waals surface area contributed by atoms with Crippen LogP contribution in [0, 0.1) is 0 Å². The molecular formula is C14H17NO3. The fraction of sp³-hybridized carbons (Fsp3) is 0.286. The van der Waals surface area contributed by atoms with E-state index < -0.39 is 0 Å². The molecule has 0 radical (unpaired) electrons. The van der Waals surface area contributed by atoms with Gasteiger partial charge in [-0.25, -0.2) is 0 Å². The van der Waals surface area contributed by atoms with Crippen molar-refractivity contribution in [2.75, 3.05) is 19.5 Å². The Morgan fingerprint density at radius 2 is 2.00 bits per heavy atom. The lowest BCUT2D eigenvalue weighted by Gasteiger charge is -2.16. The van der Waals surface area contributed by atoms with E-state index in [9.17, 15) is 0 Å². The summed E-state index contributed by atoms with van der Waals surface area (Å²) in [4.78, 5) is 0. The van der Waals surface area contributed by atoms with E-state index in [0.29, 0.717) is 0 Å². The highest BCUT2D eigenvalue weighted by Gasteiger charge is 2.11. The van der Waals surface area contributed by atoms with E-state index >= 15 is 0 Å². The van der Waals surface area contributed by atoms with Crippen LogP contribution in [0.15, 0.2) is 41.0 Å². The van der Waals surface area contributed by atoms with Crippen molar-refractivity contribution in [1.82, 2.24) is 0 Å². The van der Waals surface area contributed by atoms with Crippen LogP contribution < -0.4 is 14.8 Å². The molecule has 2 rings (SSSR count). The summed E-state index contributed by atoms with van der Waals surface area (Å²) in [6.45, 7) is 2.03. The maximum absolute atomic E-state index is 5.36. The molecule has 96 valence electrons. The minimum absolute atomic E-state index is 0.0565. The monoisotopic (exact) mass is 247 g/mol. The summed E-state index contributed by atoms with van der Waals surface area (Å²) in [5.41, 5.74) is 0.876. The van der Waals surface area contributed by atoms with Crippen LogP contribution in [0.4, 0.5) is 5.69 Å². The van der Waals surface area contributed by atoms with Crippen LogP contribution in [-0.2, 0) is 0 Å². The first-order chi connectivity index (χ1) is 8.74. The second kappa shape index (κ2) is 5.49. The van der Waals surface area contributed by atoms with Crippen LogP contribution in [0.25, 0.3) is 0 Å². The van der Waals surface area contributed by atoms with E-state index in [0.717, 1.165) is 22.9 Å². The molecule has 1 unspecified atom stereocenters. The summed E-state index contributed by atoms with van der Waals surface area (Å²) in [5, 5.41) is 3.34. The Bertz CT molecular complexity index is 494. The van der Waals surface area contributed by atoms with E-state index in [2.05, 4.69) is 5.32 Å². The highest BCUT2D eigenvalue weighted by molar-refractivity contribution is 5.60. The number of methoxy groups -OCH3 is 2. The summed E-state index contributed by atoms with van der Waals surface area (Å²) >= 11 is 0. The molecule has 4 heteroatoms. The quantitative estimate of drug-likeness (QED) is 0.878. The number of rotatable bonds is 5.